The average molecular weight is 260 g/mol. The molecular weight excluding hydrogens is 232 g/mol. The molecule has 0 saturated carbocycles. The van der Waals surface area contributed by atoms with E-state index in [1.165, 1.54) is 5.57 Å². The molecule has 0 aromatic rings. The summed E-state index contributed by atoms with van der Waals surface area (Å²) in [6.07, 6.45) is 6.76. The third-order valence-corrected chi connectivity index (χ3v) is 4.11. The summed E-state index contributed by atoms with van der Waals surface area (Å²) in [4.78, 5) is 13.1. The standard InChI is InChI=1S/C18H28O/c1-9-10-18(17(6,7)8)12-13(2)11-14(15(18)19)16(3,4)5/h9,11-12H,1,10H2,2-8H3. The predicted molar refractivity (Wildman–Crippen MR) is 83.0 cm³/mol. The largest absolute Gasteiger partial charge is 0.294 e. The van der Waals surface area contributed by atoms with Gasteiger partial charge in [-0.25, -0.2) is 0 Å². The van der Waals surface area contributed by atoms with Gasteiger partial charge >= 0.3 is 0 Å². The number of carbonyl (C=O) groups excluding carboxylic acids is 1. The normalized spacial score (nSPS) is 24.9. The molecule has 1 unspecified atom stereocenters. The van der Waals surface area contributed by atoms with Gasteiger partial charge in [-0.2, -0.15) is 0 Å². The van der Waals surface area contributed by atoms with Gasteiger partial charge in [0.2, 0.25) is 0 Å². The molecule has 1 rings (SSSR count). The Labute approximate surface area is 118 Å². The molecule has 0 aliphatic heterocycles. The Balaban J connectivity index is 3.50. The zero-order valence-electron chi connectivity index (χ0n) is 13.6. The Morgan fingerprint density at radius 1 is 1.21 bits per heavy atom. The molecule has 106 valence electrons. The van der Waals surface area contributed by atoms with Crippen LogP contribution in [0.3, 0.4) is 0 Å². The van der Waals surface area contributed by atoms with E-state index in [9.17, 15) is 4.79 Å². The molecule has 0 N–H and O–H groups in total. The minimum Gasteiger partial charge on any atom is -0.294 e. The quantitative estimate of drug-likeness (QED) is 0.631. The minimum absolute atomic E-state index is 0.121. The monoisotopic (exact) mass is 260 g/mol. The van der Waals surface area contributed by atoms with Crippen LogP contribution in [0.15, 0.2) is 36.0 Å². The van der Waals surface area contributed by atoms with Gasteiger partial charge in [0, 0.05) is 5.57 Å². The van der Waals surface area contributed by atoms with Crippen LogP contribution in [0.2, 0.25) is 0 Å². The number of allylic oxidation sites excluding steroid dienone is 5. The van der Waals surface area contributed by atoms with E-state index in [2.05, 4.69) is 67.2 Å². The van der Waals surface area contributed by atoms with Gasteiger partial charge in [0.25, 0.3) is 0 Å². The fraction of sp³-hybridized carbons (Fsp3) is 0.611. The highest BCUT2D eigenvalue weighted by molar-refractivity contribution is 6.04. The number of hydrogen-bond donors (Lipinski definition) is 0. The topological polar surface area (TPSA) is 17.1 Å². The molecule has 0 fully saturated rings. The summed E-state index contributed by atoms with van der Waals surface area (Å²) in [6.45, 7) is 18.7. The lowest BCUT2D eigenvalue weighted by molar-refractivity contribution is -0.128. The van der Waals surface area contributed by atoms with Crippen molar-refractivity contribution in [3.8, 4) is 0 Å². The Morgan fingerprint density at radius 2 is 1.74 bits per heavy atom. The van der Waals surface area contributed by atoms with Gasteiger partial charge in [-0.05, 0) is 24.2 Å². The fourth-order valence-corrected chi connectivity index (χ4v) is 2.83. The summed E-state index contributed by atoms with van der Waals surface area (Å²) >= 11 is 0. The van der Waals surface area contributed by atoms with Gasteiger partial charge in [0.15, 0.2) is 5.78 Å². The zero-order chi connectivity index (χ0) is 15.1. The second-order valence-electron chi connectivity index (χ2n) is 7.74. The molecule has 0 saturated heterocycles. The lowest BCUT2D eigenvalue weighted by Crippen LogP contribution is -2.45. The van der Waals surface area contributed by atoms with E-state index in [1.54, 1.807) is 0 Å². The first kappa shape index (κ1) is 15.9. The van der Waals surface area contributed by atoms with Crippen LogP contribution in [0, 0.1) is 16.2 Å². The number of carbonyl (C=O) groups is 1. The van der Waals surface area contributed by atoms with E-state index < -0.39 is 5.41 Å². The molecule has 1 atom stereocenters. The minimum atomic E-state index is -0.462. The van der Waals surface area contributed by atoms with Gasteiger partial charge in [-0.3, -0.25) is 4.79 Å². The second kappa shape index (κ2) is 4.77. The molecule has 1 aliphatic rings. The number of rotatable bonds is 2. The highest BCUT2D eigenvalue weighted by Crippen LogP contribution is 2.50. The molecule has 0 aromatic carbocycles. The van der Waals surface area contributed by atoms with Crippen molar-refractivity contribution >= 4 is 5.78 Å². The SMILES string of the molecule is C=CCC1(C(C)(C)C)C=C(C)C=C(C(C)(C)C)C1=O. The first-order valence-corrected chi connectivity index (χ1v) is 7.03. The third kappa shape index (κ3) is 2.75. The van der Waals surface area contributed by atoms with E-state index in [0.29, 0.717) is 6.42 Å². The van der Waals surface area contributed by atoms with Crippen LogP contribution in [0.5, 0.6) is 0 Å². The molecule has 0 amide bonds. The molecule has 0 heterocycles. The van der Waals surface area contributed by atoms with Crippen molar-refractivity contribution in [2.45, 2.75) is 54.9 Å². The highest BCUT2D eigenvalue weighted by atomic mass is 16.1. The average Bonchev–Trinajstić information content (AvgIpc) is 2.19. The first-order valence-electron chi connectivity index (χ1n) is 7.03. The maximum absolute atomic E-state index is 13.1. The summed E-state index contributed by atoms with van der Waals surface area (Å²) in [7, 11) is 0. The molecule has 1 heteroatoms. The van der Waals surface area contributed by atoms with E-state index >= 15 is 0 Å². The Bertz CT molecular complexity index is 449. The Hall–Kier alpha value is -1.11. The number of ketones is 1. The maximum atomic E-state index is 13.1. The van der Waals surface area contributed by atoms with Crippen molar-refractivity contribution in [2.75, 3.05) is 0 Å². The summed E-state index contributed by atoms with van der Waals surface area (Å²) in [5, 5.41) is 0. The fourth-order valence-electron chi connectivity index (χ4n) is 2.83. The maximum Gasteiger partial charge on any atom is 0.170 e. The van der Waals surface area contributed by atoms with Crippen molar-refractivity contribution in [3.05, 3.63) is 36.0 Å². The summed E-state index contributed by atoms with van der Waals surface area (Å²) < 4.78 is 0. The van der Waals surface area contributed by atoms with Crippen LogP contribution in [-0.2, 0) is 4.79 Å². The van der Waals surface area contributed by atoms with Crippen LogP contribution < -0.4 is 0 Å². The van der Waals surface area contributed by atoms with Crippen LogP contribution in [-0.4, -0.2) is 5.78 Å². The van der Waals surface area contributed by atoms with Crippen molar-refractivity contribution in [2.24, 2.45) is 16.2 Å². The Kier molecular flexibility index (Phi) is 4.01. The zero-order valence-corrected chi connectivity index (χ0v) is 13.6. The highest BCUT2D eigenvalue weighted by Gasteiger charge is 2.49. The van der Waals surface area contributed by atoms with Crippen LogP contribution in [0.1, 0.15) is 54.9 Å². The first-order chi connectivity index (χ1) is 8.45. The van der Waals surface area contributed by atoms with E-state index in [4.69, 9.17) is 0 Å². The molecule has 0 radical (unpaired) electrons. The molecule has 1 aliphatic carbocycles. The summed E-state index contributed by atoms with van der Waals surface area (Å²) in [6, 6.07) is 0. The Morgan fingerprint density at radius 3 is 2.11 bits per heavy atom. The van der Waals surface area contributed by atoms with Gasteiger partial charge in [0.1, 0.15) is 0 Å². The molecule has 0 bridgehead atoms. The predicted octanol–water partition coefficient (Wildman–Crippen LogP) is 5.10. The molecule has 19 heavy (non-hydrogen) atoms. The van der Waals surface area contributed by atoms with Gasteiger partial charge < -0.3 is 0 Å². The lowest BCUT2D eigenvalue weighted by atomic mass is 9.56. The molecule has 0 aromatic heterocycles. The number of Topliss-reactive ketones (excluding diaryl/α,β-unsaturated/α-hetero) is 1. The van der Waals surface area contributed by atoms with Crippen molar-refractivity contribution in [3.63, 3.8) is 0 Å². The van der Waals surface area contributed by atoms with E-state index in [-0.39, 0.29) is 16.6 Å². The van der Waals surface area contributed by atoms with Crippen molar-refractivity contribution < 1.29 is 4.79 Å². The van der Waals surface area contributed by atoms with Gasteiger partial charge in [-0.1, -0.05) is 65.3 Å². The van der Waals surface area contributed by atoms with E-state index in [1.807, 2.05) is 6.08 Å². The summed E-state index contributed by atoms with van der Waals surface area (Å²) in [5.41, 5.74) is 1.41. The van der Waals surface area contributed by atoms with Gasteiger partial charge in [0.05, 0.1) is 5.41 Å². The number of hydrogen-bond acceptors (Lipinski definition) is 1. The van der Waals surface area contributed by atoms with Crippen molar-refractivity contribution in [1.29, 1.82) is 0 Å². The third-order valence-electron chi connectivity index (χ3n) is 4.11. The van der Waals surface area contributed by atoms with Crippen molar-refractivity contribution in [1.82, 2.24) is 0 Å². The smallest absolute Gasteiger partial charge is 0.170 e. The molecule has 0 spiro atoms. The second-order valence-corrected chi connectivity index (χ2v) is 7.74. The molecule has 1 nitrogen and oxygen atoms in total. The van der Waals surface area contributed by atoms with Gasteiger partial charge in [-0.15, -0.1) is 6.58 Å². The summed E-state index contributed by atoms with van der Waals surface area (Å²) in [5.74, 6) is 0.262. The lowest BCUT2D eigenvalue weighted by Gasteiger charge is -2.45. The molecular formula is C18H28O. The van der Waals surface area contributed by atoms with E-state index in [0.717, 1.165) is 5.57 Å². The van der Waals surface area contributed by atoms with Crippen LogP contribution in [0.4, 0.5) is 0 Å². The van der Waals surface area contributed by atoms with Crippen LogP contribution >= 0.6 is 0 Å². The van der Waals surface area contributed by atoms with Crippen LogP contribution in [0.25, 0.3) is 0 Å².